The lowest BCUT2D eigenvalue weighted by molar-refractivity contribution is -0.131. The SMILES string of the molecule is Cc1nnc(CN2Cc3ccccc3N(C(=O)c3ccc(O)cc3O)CC2=O)o1. The topological polar surface area (TPSA) is 120 Å². The minimum Gasteiger partial charge on any atom is -0.508 e. The largest absolute Gasteiger partial charge is 0.508 e. The molecule has 1 aliphatic heterocycles. The minimum atomic E-state index is -0.543. The molecule has 3 aromatic rings. The number of fused-ring (bicyclic) bond motifs is 1. The van der Waals surface area contributed by atoms with Gasteiger partial charge >= 0.3 is 0 Å². The summed E-state index contributed by atoms with van der Waals surface area (Å²) in [5.41, 5.74) is 1.33. The van der Waals surface area contributed by atoms with Crippen molar-refractivity contribution in [1.82, 2.24) is 15.1 Å². The van der Waals surface area contributed by atoms with Gasteiger partial charge in [-0.15, -0.1) is 10.2 Å². The number of hydrogen-bond donors (Lipinski definition) is 2. The van der Waals surface area contributed by atoms with E-state index in [0.717, 1.165) is 11.6 Å². The molecule has 0 radical (unpaired) electrons. The first kappa shape index (κ1) is 18.5. The summed E-state index contributed by atoms with van der Waals surface area (Å²) in [6.07, 6.45) is 0. The maximum Gasteiger partial charge on any atom is 0.262 e. The Labute approximate surface area is 165 Å². The van der Waals surface area contributed by atoms with Crippen LogP contribution >= 0.6 is 0 Å². The second kappa shape index (κ2) is 7.27. The summed E-state index contributed by atoms with van der Waals surface area (Å²) in [7, 11) is 0. The Bertz CT molecular complexity index is 1090. The van der Waals surface area contributed by atoms with Crippen molar-refractivity contribution in [3.63, 3.8) is 0 Å². The van der Waals surface area contributed by atoms with Crippen molar-refractivity contribution in [2.24, 2.45) is 0 Å². The molecular formula is C20H18N4O5. The maximum absolute atomic E-state index is 13.1. The number of amides is 2. The zero-order valence-corrected chi connectivity index (χ0v) is 15.6. The van der Waals surface area contributed by atoms with Crippen LogP contribution in [0.5, 0.6) is 11.5 Å². The second-order valence-electron chi connectivity index (χ2n) is 6.69. The minimum absolute atomic E-state index is 0.00798. The Morgan fingerprint density at radius 2 is 1.93 bits per heavy atom. The van der Waals surface area contributed by atoms with Crippen LogP contribution in [0.4, 0.5) is 5.69 Å². The number of carbonyl (C=O) groups excluding carboxylic acids is 2. The number of phenolic OH excluding ortho intramolecular Hbond substituents is 2. The Morgan fingerprint density at radius 1 is 1.14 bits per heavy atom. The molecule has 0 saturated heterocycles. The molecule has 2 heterocycles. The van der Waals surface area contributed by atoms with Gasteiger partial charge in [0.15, 0.2) is 0 Å². The molecular weight excluding hydrogens is 376 g/mol. The van der Waals surface area contributed by atoms with Crippen LogP contribution in [-0.2, 0) is 17.9 Å². The van der Waals surface area contributed by atoms with E-state index in [1.807, 2.05) is 12.1 Å². The van der Waals surface area contributed by atoms with Crippen LogP contribution in [0.15, 0.2) is 46.9 Å². The summed E-state index contributed by atoms with van der Waals surface area (Å²) in [6, 6.07) is 10.9. The van der Waals surface area contributed by atoms with Gasteiger partial charge in [-0.1, -0.05) is 18.2 Å². The first-order valence-electron chi connectivity index (χ1n) is 8.91. The van der Waals surface area contributed by atoms with Gasteiger partial charge in [-0.3, -0.25) is 14.5 Å². The number of aryl methyl sites for hydroxylation is 1. The third kappa shape index (κ3) is 3.62. The second-order valence-corrected chi connectivity index (χ2v) is 6.69. The number of phenols is 2. The number of hydrogen-bond acceptors (Lipinski definition) is 7. The summed E-state index contributed by atoms with van der Waals surface area (Å²) < 4.78 is 5.38. The van der Waals surface area contributed by atoms with Crippen molar-refractivity contribution >= 4 is 17.5 Å². The van der Waals surface area contributed by atoms with Gasteiger partial charge in [0, 0.05) is 25.2 Å². The first-order chi connectivity index (χ1) is 13.9. The highest BCUT2D eigenvalue weighted by Crippen LogP contribution is 2.30. The van der Waals surface area contributed by atoms with Crippen molar-refractivity contribution in [1.29, 1.82) is 0 Å². The quantitative estimate of drug-likeness (QED) is 0.697. The molecule has 0 bridgehead atoms. The van der Waals surface area contributed by atoms with Crippen LogP contribution in [0.2, 0.25) is 0 Å². The van der Waals surface area contributed by atoms with Crippen LogP contribution in [0, 0.1) is 6.92 Å². The Morgan fingerprint density at radius 3 is 2.66 bits per heavy atom. The molecule has 2 amide bonds. The fraction of sp³-hybridized carbons (Fsp3) is 0.200. The smallest absolute Gasteiger partial charge is 0.262 e. The maximum atomic E-state index is 13.1. The van der Waals surface area contributed by atoms with Gasteiger partial charge in [0.05, 0.1) is 12.1 Å². The standard InChI is InChI=1S/C20H18N4O5/c1-12-21-22-18(29-12)10-23-9-13-4-2-3-5-16(13)24(11-19(23)27)20(28)15-7-6-14(25)8-17(15)26/h2-8,25-26H,9-11H2,1H3. The van der Waals surface area contributed by atoms with E-state index in [4.69, 9.17) is 4.42 Å². The van der Waals surface area contributed by atoms with Crippen molar-refractivity contribution in [3.05, 3.63) is 65.4 Å². The molecule has 2 aromatic carbocycles. The van der Waals surface area contributed by atoms with E-state index in [-0.39, 0.29) is 42.6 Å². The van der Waals surface area contributed by atoms with Gasteiger partial charge in [-0.2, -0.15) is 0 Å². The number of para-hydroxylation sites is 1. The molecule has 0 atom stereocenters. The van der Waals surface area contributed by atoms with Crippen LogP contribution in [0.3, 0.4) is 0 Å². The Balaban J connectivity index is 1.69. The molecule has 0 unspecified atom stereocenters. The third-order valence-electron chi connectivity index (χ3n) is 4.64. The van der Waals surface area contributed by atoms with Gasteiger partial charge in [-0.05, 0) is 23.8 Å². The molecule has 9 nitrogen and oxygen atoms in total. The number of rotatable bonds is 3. The normalized spacial score (nSPS) is 13.9. The van der Waals surface area contributed by atoms with Crippen LogP contribution < -0.4 is 4.90 Å². The van der Waals surface area contributed by atoms with E-state index in [0.29, 0.717) is 17.5 Å². The number of nitrogens with zero attached hydrogens (tertiary/aromatic N) is 4. The lowest BCUT2D eigenvalue weighted by atomic mass is 10.1. The number of aromatic hydroxyl groups is 2. The van der Waals surface area contributed by atoms with Crippen molar-refractivity contribution < 1.29 is 24.2 Å². The average molecular weight is 394 g/mol. The van der Waals surface area contributed by atoms with Gasteiger partial charge in [-0.25, -0.2) is 0 Å². The molecule has 4 rings (SSSR count). The predicted octanol–water partition coefficient (Wildman–Crippen LogP) is 1.98. The third-order valence-corrected chi connectivity index (χ3v) is 4.64. The number of benzene rings is 2. The molecule has 1 aliphatic rings. The van der Waals surface area contributed by atoms with Crippen LogP contribution in [0.25, 0.3) is 0 Å². The van der Waals surface area contributed by atoms with Gasteiger partial charge in [0.25, 0.3) is 5.91 Å². The number of anilines is 1. The van der Waals surface area contributed by atoms with Crippen LogP contribution in [0.1, 0.15) is 27.7 Å². The monoisotopic (exact) mass is 394 g/mol. The summed E-state index contributed by atoms with van der Waals surface area (Å²) >= 11 is 0. The van der Waals surface area contributed by atoms with Crippen molar-refractivity contribution in [3.8, 4) is 11.5 Å². The van der Waals surface area contributed by atoms with Gasteiger partial charge in [0.1, 0.15) is 18.0 Å². The fourth-order valence-electron chi connectivity index (χ4n) is 3.26. The van der Waals surface area contributed by atoms with E-state index >= 15 is 0 Å². The Kier molecular flexibility index (Phi) is 4.63. The van der Waals surface area contributed by atoms with E-state index in [9.17, 15) is 19.8 Å². The molecule has 148 valence electrons. The van der Waals surface area contributed by atoms with Crippen molar-refractivity contribution in [2.75, 3.05) is 11.4 Å². The van der Waals surface area contributed by atoms with E-state index in [2.05, 4.69) is 10.2 Å². The van der Waals surface area contributed by atoms with Gasteiger partial charge < -0.3 is 19.5 Å². The highest BCUT2D eigenvalue weighted by atomic mass is 16.4. The summed E-state index contributed by atoms with van der Waals surface area (Å²) in [5.74, 6) is -0.649. The van der Waals surface area contributed by atoms with Crippen LogP contribution in [-0.4, -0.2) is 43.7 Å². The van der Waals surface area contributed by atoms with E-state index in [1.54, 1.807) is 19.1 Å². The average Bonchev–Trinajstić information content (AvgIpc) is 3.04. The molecule has 0 saturated carbocycles. The van der Waals surface area contributed by atoms with Crippen molar-refractivity contribution in [2.45, 2.75) is 20.0 Å². The molecule has 1 aromatic heterocycles. The molecule has 0 fully saturated rings. The zero-order valence-electron chi connectivity index (χ0n) is 15.6. The highest BCUT2D eigenvalue weighted by molar-refractivity contribution is 6.11. The molecule has 29 heavy (non-hydrogen) atoms. The van der Waals surface area contributed by atoms with Gasteiger partial charge in [0.2, 0.25) is 17.7 Å². The van der Waals surface area contributed by atoms with E-state index in [1.165, 1.54) is 21.9 Å². The summed E-state index contributed by atoms with van der Waals surface area (Å²) in [6.45, 7) is 1.84. The number of aromatic nitrogens is 2. The summed E-state index contributed by atoms with van der Waals surface area (Å²) in [5, 5.41) is 27.3. The lowest BCUT2D eigenvalue weighted by Crippen LogP contribution is -2.40. The molecule has 0 aliphatic carbocycles. The zero-order chi connectivity index (χ0) is 20.5. The first-order valence-corrected chi connectivity index (χ1v) is 8.91. The van der Waals surface area contributed by atoms with E-state index < -0.39 is 5.91 Å². The molecule has 9 heteroatoms. The predicted molar refractivity (Wildman–Crippen MR) is 101 cm³/mol. The molecule has 2 N–H and O–H groups in total. The fourth-order valence-corrected chi connectivity index (χ4v) is 3.26. The number of carbonyl (C=O) groups is 2. The Hall–Kier alpha value is -3.88. The highest BCUT2D eigenvalue weighted by Gasteiger charge is 2.31. The summed E-state index contributed by atoms with van der Waals surface area (Å²) in [4.78, 5) is 28.9. The lowest BCUT2D eigenvalue weighted by Gasteiger charge is -2.22. The molecule has 0 spiro atoms.